The molecule has 0 unspecified atom stereocenters. The quantitative estimate of drug-likeness (QED) is 0.923. The first-order valence-corrected chi connectivity index (χ1v) is 7.78. The summed E-state index contributed by atoms with van der Waals surface area (Å²) in [5.41, 5.74) is 1.52. The average molecular weight is 342 g/mol. The third-order valence-corrected chi connectivity index (χ3v) is 4.18. The molecule has 100 valence electrons. The van der Waals surface area contributed by atoms with Crippen LogP contribution >= 0.6 is 15.9 Å². The van der Waals surface area contributed by atoms with Crippen molar-refractivity contribution in [2.45, 2.75) is 18.4 Å². The number of hydrogen-bond donors (Lipinski definition) is 1. The van der Waals surface area contributed by atoms with Gasteiger partial charge in [-0.15, -0.1) is 0 Å². The molecule has 5 nitrogen and oxygen atoms in total. The molecule has 0 amide bonds. The highest BCUT2D eigenvalue weighted by atomic mass is 79.9. The van der Waals surface area contributed by atoms with E-state index in [-0.39, 0.29) is 11.4 Å². The van der Waals surface area contributed by atoms with Gasteiger partial charge < -0.3 is 0 Å². The molecule has 0 atom stereocenters. The molecule has 2 rings (SSSR count). The lowest BCUT2D eigenvalue weighted by molar-refractivity contribution is 0.580. The Hall–Kier alpha value is -1.31. The molecule has 19 heavy (non-hydrogen) atoms. The third kappa shape index (κ3) is 3.82. The predicted octanol–water partition coefficient (Wildman–Crippen LogP) is 2.03. The molecule has 0 aliphatic rings. The van der Waals surface area contributed by atoms with Crippen LogP contribution in [0.5, 0.6) is 0 Å². The van der Waals surface area contributed by atoms with E-state index >= 15 is 0 Å². The predicted molar refractivity (Wildman–Crippen MR) is 74.9 cm³/mol. The SMILES string of the molecule is Cc1cccc(CNS(=O)(=O)c2cncc(Br)c2)n1. The number of nitrogens with zero attached hydrogens (tertiary/aromatic N) is 2. The molecule has 0 aliphatic heterocycles. The van der Waals surface area contributed by atoms with Crippen molar-refractivity contribution in [2.24, 2.45) is 0 Å². The largest absolute Gasteiger partial charge is 0.262 e. The minimum atomic E-state index is -3.58. The lowest BCUT2D eigenvalue weighted by Gasteiger charge is -2.06. The third-order valence-electron chi connectivity index (χ3n) is 2.38. The van der Waals surface area contributed by atoms with E-state index < -0.39 is 10.0 Å². The van der Waals surface area contributed by atoms with Gasteiger partial charge in [-0.2, -0.15) is 0 Å². The first kappa shape index (κ1) is 14.1. The van der Waals surface area contributed by atoms with E-state index in [0.29, 0.717) is 10.2 Å². The monoisotopic (exact) mass is 341 g/mol. The molecule has 0 aliphatic carbocycles. The highest BCUT2D eigenvalue weighted by Crippen LogP contribution is 2.14. The van der Waals surface area contributed by atoms with Gasteiger partial charge >= 0.3 is 0 Å². The lowest BCUT2D eigenvalue weighted by Crippen LogP contribution is -2.24. The molecule has 0 spiro atoms. The number of halogens is 1. The standard InChI is InChI=1S/C12H12BrN3O2S/c1-9-3-2-4-11(16-9)7-15-19(17,18)12-5-10(13)6-14-8-12/h2-6,8,15H,7H2,1H3. The fourth-order valence-corrected chi connectivity index (χ4v) is 2.99. The van der Waals surface area contributed by atoms with Crippen LogP contribution in [0.15, 0.2) is 46.0 Å². The highest BCUT2D eigenvalue weighted by molar-refractivity contribution is 9.10. The number of rotatable bonds is 4. The van der Waals surface area contributed by atoms with Gasteiger partial charge in [0.1, 0.15) is 4.90 Å². The van der Waals surface area contributed by atoms with Crippen molar-refractivity contribution in [3.05, 3.63) is 52.5 Å². The van der Waals surface area contributed by atoms with E-state index in [9.17, 15) is 8.42 Å². The number of aromatic nitrogens is 2. The van der Waals surface area contributed by atoms with E-state index in [1.807, 2.05) is 19.1 Å². The second kappa shape index (κ2) is 5.77. The maximum absolute atomic E-state index is 12.0. The van der Waals surface area contributed by atoms with Crippen molar-refractivity contribution >= 4 is 26.0 Å². The first-order valence-electron chi connectivity index (χ1n) is 5.50. The molecule has 2 heterocycles. The fourth-order valence-electron chi connectivity index (χ4n) is 1.49. The maximum atomic E-state index is 12.0. The summed E-state index contributed by atoms with van der Waals surface area (Å²) >= 11 is 3.19. The van der Waals surface area contributed by atoms with Crippen molar-refractivity contribution in [1.29, 1.82) is 0 Å². The van der Waals surface area contributed by atoms with Gasteiger partial charge in [-0.25, -0.2) is 13.1 Å². The highest BCUT2D eigenvalue weighted by Gasteiger charge is 2.14. The zero-order valence-corrected chi connectivity index (χ0v) is 12.6. The van der Waals surface area contributed by atoms with Crippen molar-refractivity contribution in [2.75, 3.05) is 0 Å². The van der Waals surface area contributed by atoms with Crippen LogP contribution < -0.4 is 4.72 Å². The minimum absolute atomic E-state index is 0.120. The Bertz CT molecular complexity index is 689. The number of hydrogen-bond acceptors (Lipinski definition) is 4. The van der Waals surface area contributed by atoms with Crippen molar-refractivity contribution in [3.8, 4) is 0 Å². The van der Waals surface area contributed by atoms with Gasteiger partial charge in [0, 0.05) is 22.6 Å². The van der Waals surface area contributed by atoms with Gasteiger partial charge in [-0.1, -0.05) is 6.07 Å². The maximum Gasteiger partial charge on any atom is 0.242 e. The van der Waals surface area contributed by atoms with E-state index in [0.717, 1.165) is 5.69 Å². The Morgan fingerprint density at radius 1 is 1.32 bits per heavy atom. The topological polar surface area (TPSA) is 72.0 Å². The molecular weight excluding hydrogens is 330 g/mol. The van der Waals surface area contributed by atoms with Crippen molar-refractivity contribution in [1.82, 2.24) is 14.7 Å². The summed E-state index contributed by atoms with van der Waals surface area (Å²) in [6.45, 7) is 2.01. The molecule has 0 saturated carbocycles. The lowest BCUT2D eigenvalue weighted by atomic mass is 10.3. The number of aryl methyl sites for hydroxylation is 1. The van der Waals surface area contributed by atoms with Crippen LogP contribution in [0.3, 0.4) is 0 Å². The summed E-state index contributed by atoms with van der Waals surface area (Å²) in [6, 6.07) is 6.97. The molecule has 0 saturated heterocycles. The Kier molecular flexibility index (Phi) is 4.28. The molecule has 1 N–H and O–H groups in total. The summed E-state index contributed by atoms with van der Waals surface area (Å²) in [5, 5.41) is 0. The number of sulfonamides is 1. The Labute approximate surface area is 120 Å². The summed E-state index contributed by atoms with van der Waals surface area (Å²) < 4.78 is 27.2. The zero-order valence-electron chi connectivity index (χ0n) is 10.2. The summed E-state index contributed by atoms with van der Waals surface area (Å²) in [7, 11) is -3.58. The smallest absolute Gasteiger partial charge is 0.242 e. The van der Waals surface area contributed by atoms with E-state index in [2.05, 4.69) is 30.6 Å². The second-order valence-corrected chi connectivity index (χ2v) is 6.62. The summed E-state index contributed by atoms with van der Waals surface area (Å²) in [4.78, 5) is 8.19. The number of pyridine rings is 2. The normalized spacial score (nSPS) is 11.5. The van der Waals surface area contributed by atoms with Gasteiger partial charge in [0.15, 0.2) is 0 Å². The molecule has 0 bridgehead atoms. The van der Waals surface area contributed by atoms with Crippen LogP contribution in [0.2, 0.25) is 0 Å². The van der Waals surface area contributed by atoms with Crippen LogP contribution in [-0.2, 0) is 16.6 Å². The van der Waals surface area contributed by atoms with Gasteiger partial charge in [0.05, 0.1) is 12.2 Å². The van der Waals surface area contributed by atoms with Gasteiger partial charge in [0.25, 0.3) is 0 Å². The average Bonchev–Trinajstić information content (AvgIpc) is 2.37. The number of nitrogens with one attached hydrogen (secondary N) is 1. The van der Waals surface area contributed by atoms with Crippen LogP contribution in [-0.4, -0.2) is 18.4 Å². The first-order chi connectivity index (χ1) is 8.97. The molecule has 0 fully saturated rings. The van der Waals surface area contributed by atoms with Gasteiger partial charge in [-0.3, -0.25) is 9.97 Å². The van der Waals surface area contributed by atoms with E-state index in [4.69, 9.17) is 0 Å². The Balaban J connectivity index is 2.14. The molecule has 0 aromatic carbocycles. The van der Waals surface area contributed by atoms with E-state index in [1.165, 1.54) is 18.5 Å². The van der Waals surface area contributed by atoms with Crippen LogP contribution in [0, 0.1) is 6.92 Å². The minimum Gasteiger partial charge on any atom is -0.262 e. The van der Waals surface area contributed by atoms with Gasteiger partial charge in [0.2, 0.25) is 10.0 Å². The Morgan fingerprint density at radius 3 is 2.79 bits per heavy atom. The zero-order chi connectivity index (χ0) is 13.9. The molecule has 7 heteroatoms. The molecule has 2 aromatic heterocycles. The fraction of sp³-hybridized carbons (Fsp3) is 0.167. The molecular formula is C12H12BrN3O2S. The Morgan fingerprint density at radius 2 is 2.11 bits per heavy atom. The summed E-state index contributed by atoms with van der Waals surface area (Å²) in [6.07, 6.45) is 2.83. The second-order valence-electron chi connectivity index (χ2n) is 3.93. The summed E-state index contributed by atoms with van der Waals surface area (Å²) in [5.74, 6) is 0. The van der Waals surface area contributed by atoms with Crippen LogP contribution in [0.25, 0.3) is 0 Å². The molecule has 2 aromatic rings. The van der Waals surface area contributed by atoms with E-state index in [1.54, 1.807) is 6.07 Å². The van der Waals surface area contributed by atoms with Gasteiger partial charge in [-0.05, 0) is 41.1 Å². The molecule has 0 radical (unpaired) electrons. The van der Waals surface area contributed by atoms with Crippen molar-refractivity contribution < 1.29 is 8.42 Å². The van der Waals surface area contributed by atoms with Crippen LogP contribution in [0.1, 0.15) is 11.4 Å². The van der Waals surface area contributed by atoms with Crippen molar-refractivity contribution in [3.63, 3.8) is 0 Å². The van der Waals surface area contributed by atoms with Crippen LogP contribution in [0.4, 0.5) is 0 Å².